The quantitative estimate of drug-likeness (QED) is 0.286. The van der Waals surface area contributed by atoms with Crippen LogP contribution in [0.5, 0.6) is 5.75 Å². The molecule has 0 aromatic heterocycles. The lowest BCUT2D eigenvalue weighted by atomic mass is 10.3. The van der Waals surface area contributed by atoms with Gasteiger partial charge in [-0.1, -0.05) is 6.08 Å². The van der Waals surface area contributed by atoms with E-state index in [1.807, 2.05) is 5.43 Å². The fraction of sp³-hybridized carbons (Fsp3) is 0.182. The van der Waals surface area contributed by atoms with Crippen molar-refractivity contribution in [1.29, 1.82) is 0 Å². The Balaban J connectivity index is 2.90. The maximum Gasteiger partial charge on any atom is 0.333 e. The first kappa shape index (κ1) is 15.3. The van der Waals surface area contributed by atoms with Crippen molar-refractivity contribution in [3.05, 3.63) is 34.7 Å². The second-order valence-corrected chi connectivity index (χ2v) is 4.19. The first-order valence-corrected chi connectivity index (χ1v) is 6.14. The van der Waals surface area contributed by atoms with Crippen molar-refractivity contribution in [2.75, 3.05) is 11.9 Å². The van der Waals surface area contributed by atoms with Gasteiger partial charge < -0.3 is 15.8 Å². The number of hydrogen-bond donors (Lipinski definition) is 4. The standard InChI is InChI=1S/C11H14BrFN4O2/c12-9-7(13)3-4-8(16-11(18)17-15)10(9)19-6-2-1-5-14/h1,3-5H,2,6,14-15H2,(H2,16,17,18)/b5-1-. The Morgan fingerprint density at radius 1 is 1.53 bits per heavy atom. The number of nitrogens with two attached hydrogens (primary N) is 2. The van der Waals surface area contributed by atoms with Crippen LogP contribution in [-0.4, -0.2) is 12.6 Å². The van der Waals surface area contributed by atoms with Gasteiger partial charge in [-0.05, 0) is 34.3 Å². The molecule has 19 heavy (non-hydrogen) atoms. The number of halogens is 2. The number of nitrogens with one attached hydrogen (secondary N) is 2. The summed E-state index contributed by atoms with van der Waals surface area (Å²) in [4.78, 5) is 11.2. The van der Waals surface area contributed by atoms with Crippen LogP contribution in [0.2, 0.25) is 0 Å². The van der Waals surface area contributed by atoms with Crippen molar-refractivity contribution < 1.29 is 13.9 Å². The van der Waals surface area contributed by atoms with Crippen molar-refractivity contribution in [3.63, 3.8) is 0 Å². The van der Waals surface area contributed by atoms with Gasteiger partial charge in [0, 0.05) is 6.42 Å². The van der Waals surface area contributed by atoms with Gasteiger partial charge in [0.25, 0.3) is 0 Å². The van der Waals surface area contributed by atoms with Gasteiger partial charge in [-0.2, -0.15) is 0 Å². The molecule has 0 saturated heterocycles. The monoisotopic (exact) mass is 332 g/mol. The molecule has 0 atom stereocenters. The van der Waals surface area contributed by atoms with Crippen LogP contribution in [0.15, 0.2) is 28.9 Å². The predicted octanol–water partition coefficient (Wildman–Crippen LogP) is 1.82. The van der Waals surface area contributed by atoms with Crippen molar-refractivity contribution in [1.82, 2.24) is 5.43 Å². The van der Waals surface area contributed by atoms with Crippen LogP contribution in [0.3, 0.4) is 0 Å². The smallest absolute Gasteiger partial charge is 0.333 e. The molecule has 0 spiro atoms. The van der Waals surface area contributed by atoms with Gasteiger partial charge in [0.15, 0.2) is 5.75 Å². The third-order valence-corrected chi connectivity index (χ3v) is 2.84. The first-order valence-electron chi connectivity index (χ1n) is 5.35. The van der Waals surface area contributed by atoms with Gasteiger partial charge >= 0.3 is 6.03 Å². The van der Waals surface area contributed by atoms with Crippen LogP contribution in [0.25, 0.3) is 0 Å². The van der Waals surface area contributed by atoms with Crippen molar-refractivity contribution >= 4 is 27.6 Å². The zero-order chi connectivity index (χ0) is 14.3. The highest BCUT2D eigenvalue weighted by molar-refractivity contribution is 9.10. The van der Waals surface area contributed by atoms with E-state index in [4.69, 9.17) is 16.3 Å². The molecule has 0 unspecified atom stereocenters. The van der Waals surface area contributed by atoms with Crippen LogP contribution in [0, 0.1) is 5.82 Å². The highest BCUT2D eigenvalue weighted by atomic mass is 79.9. The average Bonchev–Trinajstić information content (AvgIpc) is 2.41. The predicted molar refractivity (Wildman–Crippen MR) is 73.9 cm³/mol. The number of carbonyl (C=O) groups excluding carboxylic acids is 1. The lowest BCUT2D eigenvalue weighted by Gasteiger charge is -2.14. The highest BCUT2D eigenvalue weighted by Crippen LogP contribution is 2.35. The van der Waals surface area contributed by atoms with Crippen LogP contribution in [0.4, 0.5) is 14.9 Å². The molecule has 0 heterocycles. The van der Waals surface area contributed by atoms with E-state index in [1.165, 1.54) is 18.3 Å². The van der Waals surface area contributed by atoms with E-state index in [1.54, 1.807) is 6.08 Å². The Labute approximate surface area is 118 Å². The molecular formula is C11H14BrFN4O2. The number of hydrazine groups is 1. The molecule has 8 heteroatoms. The molecule has 0 aliphatic heterocycles. The molecule has 1 aromatic carbocycles. The molecule has 6 nitrogen and oxygen atoms in total. The lowest BCUT2D eigenvalue weighted by Crippen LogP contribution is -2.34. The summed E-state index contributed by atoms with van der Waals surface area (Å²) in [6.45, 7) is 0.286. The summed E-state index contributed by atoms with van der Waals surface area (Å²) >= 11 is 3.07. The van der Waals surface area contributed by atoms with E-state index in [0.29, 0.717) is 12.1 Å². The van der Waals surface area contributed by atoms with E-state index in [2.05, 4.69) is 21.2 Å². The summed E-state index contributed by atoms with van der Waals surface area (Å²) in [5.74, 6) is 4.66. The maximum atomic E-state index is 13.4. The third-order valence-electron chi connectivity index (χ3n) is 2.10. The second kappa shape index (κ2) is 7.59. The SMILES string of the molecule is N/C=C\CCOc1c(NC(=O)NN)ccc(F)c1Br. The van der Waals surface area contributed by atoms with Crippen LogP contribution in [-0.2, 0) is 0 Å². The molecule has 0 aliphatic rings. The first-order chi connectivity index (χ1) is 9.10. The normalized spacial score (nSPS) is 10.5. The third kappa shape index (κ3) is 4.42. The van der Waals surface area contributed by atoms with Gasteiger partial charge in [0.05, 0.1) is 16.8 Å². The number of urea groups is 1. The number of carbonyl (C=O) groups is 1. The molecule has 104 valence electrons. The molecule has 1 rings (SSSR count). The number of hydrogen-bond acceptors (Lipinski definition) is 4. The number of benzene rings is 1. The second-order valence-electron chi connectivity index (χ2n) is 3.40. The van der Waals surface area contributed by atoms with Gasteiger partial charge in [0.1, 0.15) is 5.82 Å². The number of ether oxygens (including phenoxy) is 1. The van der Waals surface area contributed by atoms with Crippen LogP contribution < -0.4 is 27.1 Å². The number of anilines is 1. The highest BCUT2D eigenvalue weighted by Gasteiger charge is 2.14. The molecule has 0 aliphatic carbocycles. The van der Waals surface area contributed by atoms with Crippen molar-refractivity contribution in [3.8, 4) is 5.75 Å². The van der Waals surface area contributed by atoms with Crippen LogP contribution >= 0.6 is 15.9 Å². The molecule has 6 N–H and O–H groups in total. The fourth-order valence-corrected chi connectivity index (χ4v) is 1.72. The van der Waals surface area contributed by atoms with E-state index in [9.17, 15) is 9.18 Å². The maximum absolute atomic E-state index is 13.4. The topological polar surface area (TPSA) is 102 Å². The molecular weight excluding hydrogens is 319 g/mol. The van der Waals surface area contributed by atoms with Crippen molar-refractivity contribution in [2.24, 2.45) is 11.6 Å². The summed E-state index contributed by atoms with van der Waals surface area (Å²) in [5.41, 5.74) is 7.40. The number of rotatable bonds is 5. The van der Waals surface area contributed by atoms with E-state index in [0.717, 1.165) is 0 Å². The Morgan fingerprint density at radius 2 is 2.26 bits per heavy atom. The van der Waals surface area contributed by atoms with Gasteiger partial charge in [0.2, 0.25) is 0 Å². The minimum Gasteiger partial charge on any atom is -0.490 e. The summed E-state index contributed by atoms with van der Waals surface area (Å²) in [7, 11) is 0. The van der Waals surface area contributed by atoms with Gasteiger partial charge in [-0.15, -0.1) is 0 Å². The van der Waals surface area contributed by atoms with E-state index >= 15 is 0 Å². The lowest BCUT2D eigenvalue weighted by molar-refractivity contribution is 0.252. The van der Waals surface area contributed by atoms with Crippen LogP contribution in [0.1, 0.15) is 6.42 Å². The van der Waals surface area contributed by atoms with E-state index < -0.39 is 11.8 Å². The summed E-state index contributed by atoms with van der Waals surface area (Å²) in [6, 6.07) is 1.94. The minimum absolute atomic E-state index is 0.124. The average molecular weight is 333 g/mol. The largest absolute Gasteiger partial charge is 0.490 e. The fourth-order valence-electron chi connectivity index (χ4n) is 1.26. The zero-order valence-corrected chi connectivity index (χ0v) is 11.5. The summed E-state index contributed by atoms with van der Waals surface area (Å²) in [5, 5.41) is 2.43. The molecule has 0 saturated carbocycles. The minimum atomic E-state index is -0.634. The number of amides is 2. The molecule has 1 aromatic rings. The summed E-state index contributed by atoms with van der Waals surface area (Å²) < 4.78 is 19.0. The zero-order valence-electron chi connectivity index (χ0n) is 9.95. The Hall–Kier alpha value is -1.80. The molecule has 0 radical (unpaired) electrons. The van der Waals surface area contributed by atoms with Gasteiger partial charge in [-0.25, -0.2) is 15.0 Å². The van der Waals surface area contributed by atoms with Gasteiger partial charge in [-0.3, -0.25) is 5.43 Å². The van der Waals surface area contributed by atoms with E-state index in [-0.39, 0.29) is 16.8 Å². The molecule has 2 amide bonds. The summed E-state index contributed by atoms with van der Waals surface area (Å²) in [6.07, 6.45) is 3.65. The Bertz CT molecular complexity index is 482. The molecule has 0 bridgehead atoms. The Morgan fingerprint density at radius 3 is 2.89 bits per heavy atom. The Kier molecular flexibility index (Phi) is 6.10. The molecule has 0 fully saturated rings. The van der Waals surface area contributed by atoms with Crippen molar-refractivity contribution in [2.45, 2.75) is 6.42 Å².